The number of carboxylic acids is 1. The van der Waals surface area contributed by atoms with Crippen LogP contribution in [0.2, 0.25) is 0 Å². The van der Waals surface area contributed by atoms with Crippen LogP contribution in [0.3, 0.4) is 0 Å². The Morgan fingerprint density at radius 2 is 2.50 bits per heavy atom. The van der Waals surface area contributed by atoms with Crippen LogP contribution in [0, 0.1) is 0 Å². The second kappa shape index (κ2) is 3.47. The Balaban J connectivity index is 2.22. The molecular formula is C9H8N2O3. The number of carboxylic acid groups (broad SMARTS) is 1. The van der Waals surface area contributed by atoms with Gasteiger partial charge in [-0.2, -0.15) is 0 Å². The van der Waals surface area contributed by atoms with Gasteiger partial charge in [-0.05, 0) is 18.2 Å². The number of hydrogen-bond acceptors (Lipinski definition) is 4. The molecule has 0 aliphatic carbocycles. The number of rotatable bonds is 2. The highest BCUT2D eigenvalue weighted by Gasteiger charge is 2.23. The Morgan fingerprint density at radius 1 is 1.64 bits per heavy atom. The third kappa shape index (κ3) is 1.57. The molecule has 1 aliphatic heterocycles. The molecule has 0 aromatic carbocycles. The Labute approximate surface area is 80.0 Å². The van der Waals surface area contributed by atoms with Crippen LogP contribution in [0.4, 0.5) is 0 Å². The smallest absolute Gasteiger partial charge is 0.339 e. The summed E-state index contributed by atoms with van der Waals surface area (Å²) in [4.78, 5) is 19.3. The van der Waals surface area contributed by atoms with Crippen LogP contribution in [0.25, 0.3) is 5.70 Å². The number of pyridine rings is 1. The first-order valence-electron chi connectivity index (χ1n) is 4.04. The van der Waals surface area contributed by atoms with Gasteiger partial charge in [0.2, 0.25) is 6.10 Å². The molecule has 0 bridgehead atoms. The minimum Gasteiger partial charge on any atom is -0.479 e. The monoisotopic (exact) mass is 192 g/mol. The average Bonchev–Trinajstić information content (AvgIpc) is 2.68. The minimum atomic E-state index is -1.02. The zero-order valence-electron chi connectivity index (χ0n) is 7.18. The van der Waals surface area contributed by atoms with Crippen molar-refractivity contribution in [3.8, 4) is 0 Å². The summed E-state index contributed by atoms with van der Waals surface area (Å²) in [6.45, 7) is 0. The van der Waals surface area contributed by atoms with Gasteiger partial charge in [0.15, 0.2) is 0 Å². The molecule has 0 saturated carbocycles. The normalized spacial score (nSPS) is 20.0. The van der Waals surface area contributed by atoms with Gasteiger partial charge in [0.25, 0.3) is 0 Å². The van der Waals surface area contributed by atoms with Gasteiger partial charge in [0.1, 0.15) is 0 Å². The van der Waals surface area contributed by atoms with Gasteiger partial charge >= 0.3 is 5.97 Å². The van der Waals surface area contributed by atoms with Gasteiger partial charge in [-0.15, -0.1) is 0 Å². The van der Waals surface area contributed by atoms with E-state index in [1.54, 1.807) is 18.5 Å². The summed E-state index contributed by atoms with van der Waals surface area (Å²) in [5, 5.41) is 8.65. The van der Waals surface area contributed by atoms with Crippen LogP contribution in [-0.2, 0) is 9.63 Å². The molecule has 2 heterocycles. The van der Waals surface area contributed by atoms with E-state index < -0.39 is 12.1 Å². The zero-order chi connectivity index (χ0) is 9.97. The number of hydrogen-bond donors (Lipinski definition) is 2. The molecule has 1 aliphatic rings. The molecule has 1 atom stereocenters. The minimum absolute atomic E-state index is 0.630. The molecule has 0 spiro atoms. The molecule has 14 heavy (non-hydrogen) atoms. The van der Waals surface area contributed by atoms with Crippen LogP contribution >= 0.6 is 0 Å². The Kier molecular flexibility index (Phi) is 2.16. The molecule has 0 fully saturated rings. The summed E-state index contributed by atoms with van der Waals surface area (Å²) in [6, 6.07) is 3.59. The number of nitrogens with zero attached hydrogens (tertiary/aromatic N) is 1. The highest BCUT2D eigenvalue weighted by atomic mass is 16.7. The van der Waals surface area contributed by atoms with Gasteiger partial charge in [-0.1, -0.05) is 0 Å². The lowest BCUT2D eigenvalue weighted by Crippen LogP contribution is -2.20. The number of nitrogens with one attached hydrogen (secondary N) is 1. The van der Waals surface area contributed by atoms with Crippen molar-refractivity contribution >= 4 is 11.7 Å². The molecule has 1 aromatic heterocycles. The van der Waals surface area contributed by atoms with E-state index >= 15 is 0 Å². The molecule has 0 radical (unpaired) electrons. The number of aromatic nitrogens is 1. The maximum Gasteiger partial charge on any atom is 0.339 e. The SMILES string of the molecule is O=C(O)C1C=C(c2cccnc2)NO1. The van der Waals surface area contributed by atoms with Crippen LogP contribution < -0.4 is 5.48 Å². The van der Waals surface area contributed by atoms with Crippen LogP contribution in [-0.4, -0.2) is 22.2 Å². The first-order valence-corrected chi connectivity index (χ1v) is 4.04. The van der Waals surface area contributed by atoms with Crippen molar-refractivity contribution in [3.63, 3.8) is 0 Å². The first-order chi connectivity index (χ1) is 6.77. The summed E-state index contributed by atoms with van der Waals surface area (Å²) >= 11 is 0. The highest BCUT2D eigenvalue weighted by Crippen LogP contribution is 2.16. The largest absolute Gasteiger partial charge is 0.479 e. The van der Waals surface area contributed by atoms with Crippen LogP contribution in [0.1, 0.15) is 5.56 Å². The summed E-state index contributed by atoms with van der Waals surface area (Å²) in [5.74, 6) is -1.02. The van der Waals surface area contributed by atoms with Crippen LogP contribution in [0.5, 0.6) is 0 Å². The van der Waals surface area contributed by atoms with Gasteiger partial charge in [-0.25, -0.2) is 4.79 Å². The maximum absolute atomic E-state index is 10.6. The molecule has 2 rings (SSSR count). The molecular weight excluding hydrogens is 184 g/mol. The standard InChI is InChI=1S/C9H8N2O3/c12-9(13)8-4-7(11-14-8)6-2-1-3-10-5-6/h1-5,8,11H,(H,12,13). The third-order valence-electron chi connectivity index (χ3n) is 1.83. The summed E-state index contributed by atoms with van der Waals surface area (Å²) in [6.07, 6.45) is 3.85. The van der Waals surface area contributed by atoms with E-state index in [0.29, 0.717) is 5.70 Å². The molecule has 0 saturated heterocycles. The predicted octanol–water partition coefficient (Wildman–Crippen LogP) is 0.410. The van der Waals surface area contributed by atoms with E-state index in [1.165, 1.54) is 6.08 Å². The number of carbonyl (C=O) groups is 1. The van der Waals surface area contributed by atoms with E-state index in [0.717, 1.165) is 5.56 Å². The number of aliphatic carboxylic acids is 1. The lowest BCUT2D eigenvalue weighted by atomic mass is 10.2. The van der Waals surface area contributed by atoms with Crippen molar-refractivity contribution in [2.75, 3.05) is 0 Å². The van der Waals surface area contributed by atoms with Gasteiger partial charge < -0.3 is 5.11 Å². The van der Waals surface area contributed by atoms with Gasteiger partial charge in [-0.3, -0.25) is 15.3 Å². The van der Waals surface area contributed by atoms with Crippen molar-refractivity contribution < 1.29 is 14.7 Å². The third-order valence-corrected chi connectivity index (χ3v) is 1.83. The fourth-order valence-electron chi connectivity index (χ4n) is 1.15. The van der Waals surface area contributed by atoms with E-state index in [-0.39, 0.29) is 0 Å². The van der Waals surface area contributed by atoms with Crippen molar-refractivity contribution in [2.45, 2.75) is 6.10 Å². The topological polar surface area (TPSA) is 71.5 Å². The maximum atomic E-state index is 10.6. The average molecular weight is 192 g/mol. The zero-order valence-corrected chi connectivity index (χ0v) is 7.18. The quantitative estimate of drug-likeness (QED) is 0.710. The molecule has 1 aromatic rings. The molecule has 72 valence electrons. The van der Waals surface area contributed by atoms with Crippen molar-refractivity contribution in [3.05, 3.63) is 36.2 Å². The fourth-order valence-corrected chi connectivity index (χ4v) is 1.15. The van der Waals surface area contributed by atoms with E-state index in [1.807, 2.05) is 6.07 Å². The molecule has 2 N–H and O–H groups in total. The lowest BCUT2D eigenvalue weighted by molar-refractivity contribution is -0.148. The first kappa shape index (κ1) is 8.71. The summed E-state index contributed by atoms with van der Waals surface area (Å²) < 4.78 is 0. The van der Waals surface area contributed by atoms with Crippen molar-refractivity contribution in [1.82, 2.24) is 10.5 Å². The van der Waals surface area contributed by atoms with E-state index in [9.17, 15) is 4.79 Å². The Bertz CT molecular complexity index is 375. The van der Waals surface area contributed by atoms with Crippen molar-refractivity contribution in [1.29, 1.82) is 0 Å². The lowest BCUT2D eigenvalue weighted by Gasteiger charge is -2.01. The number of hydroxylamine groups is 1. The van der Waals surface area contributed by atoms with Crippen LogP contribution in [0.15, 0.2) is 30.6 Å². The predicted molar refractivity (Wildman–Crippen MR) is 47.9 cm³/mol. The summed E-state index contributed by atoms with van der Waals surface area (Å²) in [5.41, 5.74) is 3.98. The summed E-state index contributed by atoms with van der Waals surface area (Å²) in [7, 11) is 0. The second-order valence-corrected chi connectivity index (χ2v) is 2.80. The highest BCUT2D eigenvalue weighted by molar-refractivity contribution is 5.79. The van der Waals surface area contributed by atoms with E-state index in [2.05, 4.69) is 10.5 Å². The molecule has 5 nitrogen and oxygen atoms in total. The fraction of sp³-hybridized carbons (Fsp3) is 0.111. The Hall–Kier alpha value is -1.88. The van der Waals surface area contributed by atoms with E-state index in [4.69, 9.17) is 9.94 Å². The van der Waals surface area contributed by atoms with Crippen molar-refractivity contribution in [2.24, 2.45) is 0 Å². The van der Waals surface area contributed by atoms with Gasteiger partial charge in [0.05, 0.1) is 5.70 Å². The molecule has 0 amide bonds. The molecule has 1 unspecified atom stereocenters. The van der Waals surface area contributed by atoms with Gasteiger partial charge in [0, 0.05) is 18.0 Å². The second-order valence-electron chi connectivity index (χ2n) is 2.80. The molecule has 5 heteroatoms. The Morgan fingerprint density at radius 3 is 3.07 bits per heavy atom.